The van der Waals surface area contributed by atoms with E-state index in [0.29, 0.717) is 54.2 Å². The third-order valence-corrected chi connectivity index (χ3v) is 5.85. The molecule has 2 saturated heterocycles. The number of aromatic nitrogens is 2. The molecule has 0 saturated carbocycles. The van der Waals surface area contributed by atoms with Crippen molar-refractivity contribution < 1.29 is 14.3 Å². The summed E-state index contributed by atoms with van der Waals surface area (Å²) in [7, 11) is 0. The van der Waals surface area contributed by atoms with Crippen LogP contribution in [0.4, 0.5) is 11.6 Å². The van der Waals surface area contributed by atoms with Gasteiger partial charge in [0.1, 0.15) is 11.6 Å². The maximum absolute atomic E-state index is 12.6. The summed E-state index contributed by atoms with van der Waals surface area (Å²) in [5.74, 6) is 1.10. The van der Waals surface area contributed by atoms with Gasteiger partial charge in [0, 0.05) is 24.8 Å². The standard InChI is InChI=1S/C23H30ClN5O3/c1-23(2)14-31-13-16(32-23)11-26-20-7-3-6-19(28-20)17-9-21(27-12-18(17)24)29-22(30)15-5-4-8-25-10-15/h3,6-7,9,12,15-16,25H,4-5,8,10-11,13-14H2,1-2H3,(H,26,28)(H,27,29,30)/t15?,16-/m1/s1. The molecule has 2 aliphatic rings. The highest BCUT2D eigenvalue weighted by atomic mass is 35.5. The Morgan fingerprint density at radius 3 is 3.00 bits per heavy atom. The van der Waals surface area contributed by atoms with Crippen molar-refractivity contribution >= 4 is 29.1 Å². The van der Waals surface area contributed by atoms with Crippen molar-refractivity contribution in [3.63, 3.8) is 0 Å². The Bertz CT molecular complexity index is 949. The maximum atomic E-state index is 12.6. The van der Waals surface area contributed by atoms with E-state index in [1.807, 2.05) is 32.0 Å². The smallest absolute Gasteiger partial charge is 0.229 e. The van der Waals surface area contributed by atoms with Crippen LogP contribution in [-0.4, -0.2) is 60.4 Å². The van der Waals surface area contributed by atoms with E-state index in [-0.39, 0.29) is 23.5 Å². The van der Waals surface area contributed by atoms with Crippen molar-refractivity contribution in [3.8, 4) is 11.3 Å². The number of amides is 1. The number of pyridine rings is 2. The zero-order valence-electron chi connectivity index (χ0n) is 18.5. The maximum Gasteiger partial charge on any atom is 0.229 e. The molecule has 1 amide bonds. The monoisotopic (exact) mass is 459 g/mol. The fourth-order valence-corrected chi connectivity index (χ4v) is 4.16. The fraction of sp³-hybridized carbons (Fsp3) is 0.522. The molecule has 4 rings (SSSR count). The number of rotatable bonds is 6. The van der Waals surface area contributed by atoms with Crippen LogP contribution in [0.3, 0.4) is 0 Å². The van der Waals surface area contributed by atoms with E-state index in [4.69, 9.17) is 26.1 Å². The molecule has 0 radical (unpaired) electrons. The largest absolute Gasteiger partial charge is 0.376 e. The van der Waals surface area contributed by atoms with Crippen LogP contribution in [0.25, 0.3) is 11.3 Å². The first-order valence-corrected chi connectivity index (χ1v) is 11.4. The van der Waals surface area contributed by atoms with E-state index >= 15 is 0 Å². The Morgan fingerprint density at radius 2 is 2.22 bits per heavy atom. The number of hydrogen-bond donors (Lipinski definition) is 3. The van der Waals surface area contributed by atoms with Crippen molar-refractivity contribution in [2.45, 2.75) is 38.4 Å². The number of nitrogens with zero attached hydrogens (tertiary/aromatic N) is 2. The number of halogens is 1. The Kier molecular flexibility index (Phi) is 7.25. The highest BCUT2D eigenvalue weighted by Crippen LogP contribution is 2.29. The third kappa shape index (κ3) is 5.95. The Balaban J connectivity index is 1.43. The van der Waals surface area contributed by atoms with E-state index in [0.717, 1.165) is 19.4 Å². The highest BCUT2D eigenvalue weighted by molar-refractivity contribution is 6.33. The van der Waals surface area contributed by atoms with Gasteiger partial charge in [-0.3, -0.25) is 4.79 Å². The predicted octanol–water partition coefficient (Wildman–Crippen LogP) is 3.34. The molecule has 9 heteroatoms. The van der Waals surface area contributed by atoms with Crippen LogP contribution >= 0.6 is 11.6 Å². The minimum Gasteiger partial charge on any atom is -0.376 e. The van der Waals surface area contributed by atoms with Crippen molar-refractivity contribution in [2.24, 2.45) is 5.92 Å². The van der Waals surface area contributed by atoms with Gasteiger partial charge in [0.2, 0.25) is 5.91 Å². The van der Waals surface area contributed by atoms with Gasteiger partial charge >= 0.3 is 0 Å². The van der Waals surface area contributed by atoms with Gasteiger partial charge in [-0.1, -0.05) is 17.7 Å². The molecule has 2 fully saturated rings. The molecule has 2 aliphatic heterocycles. The SMILES string of the molecule is CC1(C)COC[C@@H](CNc2cccc(-c3cc(NC(=O)C4CCCNC4)ncc3Cl)n2)O1. The van der Waals surface area contributed by atoms with Gasteiger partial charge in [0.15, 0.2) is 0 Å². The highest BCUT2D eigenvalue weighted by Gasteiger charge is 2.29. The number of carbonyl (C=O) groups is 1. The number of ether oxygens (including phenoxy) is 2. The van der Waals surface area contributed by atoms with Gasteiger partial charge in [0.05, 0.1) is 41.6 Å². The number of anilines is 2. The molecule has 2 aromatic rings. The van der Waals surface area contributed by atoms with Crippen LogP contribution in [0.15, 0.2) is 30.5 Å². The summed E-state index contributed by atoms with van der Waals surface area (Å²) in [5.41, 5.74) is 1.11. The molecule has 4 heterocycles. The summed E-state index contributed by atoms with van der Waals surface area (Å²) in [6.07, 6.45) is 3.37. The molecule has 0 spiro atoms. The molecule has 1 unspecified atom stereocenters. The fourth-order valence-electron chi connectivity index (χ4n) is 3.96. The minimum absolute atomic E-state index is 0.0287. The van der Waals surface area contributed by atoms with Crippen LogP contribution in [0.1, 0.15) is 26.7 Å². The molecule has 32 heavy (non-hydrogen) atoms. The van der Waals surface area contributed by atoms with Crippen molar-refractivity contribution in [1.29, 1.82) is 0 Å². The lowest BCUT2D eigenvalue weighted by Crippen LogP contribution is -2.45. The number of hydrogen-bond acceptors (Lipinski definition) is 7. The Morgan fingerprint density at radius 1 is 1.34 bits per heavy atom. The summed E-state index contributed by atoms with van der Waals surface area (Å²) < 4.78 is 11.7. The van der Waals surface area contributed by atoms with Gasteiger partial charge in [-0.05, 0) is 51.4 Å². The normalized spacial score (nSPS) is 22.8. The lowest BCUT2D eigenvalue weighted by molar-refractivity contribution is -0.177. The number of carbonyl (C=O) groups excluding carboxylic acids is 1. The average molecular weight is 460 g/mol. The lowest BCUT2D eigenvalue weighted by atomic mass is 9.99. The van der Waals surface area contributed by atoms with Crippen molar-refractivity contribution in [2.75, 3.05) is 43.5 Å². The molecular weight excluding hydrogens is 430 g/mol. The van der Waals surface area contributed by atoms with E-state index in [9.17, 15) is 4.79 Å². The van der Waals surface area contributed by atoms with Crippen LogP contribution < -0.4 is 16.0 Å². The van der Waals surface area contributed by atoms with Gasteiger partial charge < -0.3 is 25.4 Å². The summed E-state index contributed by atoms with van der Waals surface area (Å²) in [6.45, 7) is 7.41. The summed E-state index contributed by atoms with van der Waals surface area (Å²) in [6, 6.07) is 7.46. The second kappa shape index (κ2) is 10.1. The molecule has 172 valence electrons. The van der Waals surface area contributed by atoms with Crippen molar-refractivity contribution in [3.05, 3.63) is 35.5 Å². The van der Waals surface area contributed by atoms with Crippen LogP contribution in [-0.2, 0) is 14.3 Å². The van der Waals surface area contributed by atoms with Gasteiger partial charge in [0.25, 0.3) is 0 Å². The first kappa shape index (κ1) is 22.9. The van der Waals surface area contributed by atoms with E-state index in [1.165, 1.54) is 0 Å². The second-order valence-corrected chi connectivity index (χ2v) is 9.29. The molecule has 0 aliphatic carbocycles. The first-order chi connectivity index (χ1) is 15.4. The average Bonchev–Trinajstić information content (AvgIpc) is 2.79. The molecule has 0 aromatic carbocycles. The second-order valence-electron chi connectivity index (χ2n) is 8.89. The van der Waals surface area contributed by atoms with E-state index in [2.05, 4.69) is 20.9 Å². The van der Waals surface area contributed by atoms with Crippen LogP contribution in [0, 0.1) is 5.92 Å². The van der Waals surface area contributed by atoms with E-state index < -0.39 is 0 Å². The molecule has 2 aromatic heterocycles. The topological polar surface area (TPSA) is 97.4 Å². The van der Waals surface area contributed by atoms with Gasteiger partial charge in [-0.25, -0.2) is 9.97 Å². The summed E-state index contributed by atoms with van der Waals surface area (Å²) >= 11 is 6.42. The first-order valence-electron chi connectivity index (χ1n) is 11.0. The zero-order valence-corrected chi connectivity index (χ0v) is 19.2. The zero-order chi connectivity index (χ0) is 22.6. The van der Waals surface area contributed by atoms with Crippen LogP contribution in [0.2, 0.25) is 5.02 Å². The Hall–Kier alpha value is -2.26. The lowest BCUT2D eigenvalue weighted by Gasteiger charge is -2.36. The molecule has 0 bridgehead atoms. The number of piperidine rings is 1. The van der Waals surface area contributed by atoms with E-state index in [1.54, 1.807) is 12.3 Å². The summed E-state index contributed by atoms with van der Waals surface area (Å²) in [5, 5.41) is 9.97. The molecule has 8 nitrogen and oxygen atoms in total. The quantitative estimate of drug-likeness (QED) is 0.609. The third-order valence-electron chi connectivity index (χ3n) is 5.55. The Labute approximate surface area is 193 Å². The molecular formula is C23H30ClN5O3. The molecule has 3 N–H and O–H groups in total. The predicted molar refractivity (Wildman–Crippen MR) is 125 cm³/mol. The van der Waals surface area contributed by atoms with Crippen molar-refractivity contribution in [1.82, 2.24) is 15.3 Å². The minimum atomic E-state index is -0.293. The van der Waals surface area contributed by atoms with Gasteiger partial charge in [-0.2, -0.15) is 0 Å². The summed E-state index contributed by atoms with van der Waals surface area (Å²) in [4.78, 5) is 21.5. The van der Waals surface area contributed by atoms with Crippen LogP contribution in [0.5, 0.6) is 0 Å². The van der Waals surface area contributed by atoms with Gasteiger partial charge in [-0.15, -0.1) is 0 Å². The molecule has 2 atom stereocenters. The number of nitrogens with one attached hydrogen (secondary N) is 3.